The Kier molecular flexibility index (Phi) is 4.40. The van der Waals surface area contributed by atoms with Crippen molar-refractivity contribution in [1.82, 2.24) is 0 Å². The molecule has 0 aliphatic rings. The summed E-state index contributed by atoms with van der Waals surface area (Å²) in [6.45, 7) is 0.468. The zero-order valence-corrected chi connectivity index (χ0v) is 8.19. The first-order valence-electron chi connectivity index (χ1n) is 4.14. The van der Waals surface area contributed by atoms with E-state index >= 15 is 0 Å². The molecule has 0 unspecified atom stereocenters. The second-order valence-corrected chi connectivity index (χ2v) is 2.94. The van der Waals surface area contributed by atoms with E-state index in [1.807, 2.05) is 0 Å². The highest BCUT2D eigenvalue weighted by Crippen LogP contribution is 2.14. The molecule has 4 heteroatoms. The van der Waals surface area contributed by atoms with Crippen molar-refractivity contribution >= 4 is 17.3 Å². The second-order valence-electron chi connectivity index (χ2n) is 2.63. The van der Waals surface area contributed by atoms with Crippen LogP contribution in [-0.4, -0.2) is 12.4 Å². The maximum atomic E-state index is 13.0. The fraction of sp³-hybridized carbons (Fsp3) is 0.200. The van der Waals surface area contributed by atoms with E-state index in [1.165, 1.54) is 12.1 Å². The van der Waals surface area contributed by atoms with Gasteiger partial charge in [-0.25, -0.2) is 8.78 Å². The van der Waals surface area contributed by atoms with Crippen LogP contribution in [0.15, 0.2) is 30.4 Å². The van der Waals surface area contributed by atoms with Crippen LogP contribution in [0, 0.1) is 11.6 Å². The average Bonchev–Trinajstić information content (AvgIpc) is 2.15. The molecular formula is C10H10ClF2N. The van der Waals surface area contributed by atoms with Crippen molar-refractivity contribution < 1.29 is 8.78 Å². The van der Waals surface area contributed by atoms with Crippen molar-refractivity contribution in [3.8, 4) is 0 Å². The second kappa shape index (κ2) is 5.60. The van der Waals surface area contributed by atoms with E-state index in [0.717, 1.165) is 6.07 Å². The summed E-state index contributed by atoms with van der Waals surface area (Å²) in [4.78, 5) is 0. The van der Waals surface area contributed by atoms with Crippen molar-refractivity contribution in [1.29, 1.82) is 0 Å². The van der Waals surface area contributed by atoms with E-state index < -0.39 is 11.6 Å². The quantitative estimate of drug-likeness (QED) is 0.604. The molecule has 0 aromatic heterocycles. The number of alkyl halides is 1. The molecule has 14 heavy (non-hydrogen) atoms. The maximum absolute atomic E-state index is 13.0. The summed E-state index contributed by atoms with van der Waals surface area (Å²) in [5.74, 6) is -0.748. The Labute approximate surface area is 86.4 Å². The third kappa shape index (κ3) is 3.34. The van der Waals surface area contributed by atoms with Crippen molar-refractivity contribution in [2.45, 2.75) is 0 Å². The van der Waals surface area contributed by atoms with Crippen LogP contribution in [0.25, 0.3) is 0 Å². The van der Waals surface area contributed by atoms with Gasteiger partial charge in [0.05, 0.1) is 5.69 Å². The van der Waals surface area contributed by atoms with Gasteiger partial charge in [-0.05, 0) is 12.1 Å². The van der Waals surface area contributed by atoms with Gasteiger partial charge < -0.3 is 5.32 Å². The lowest BCUT2D eigenvalue weighted by Crippen LogP contribution is -2.00. The predicted octanol–water partition coefficient (Wildman–Crippen LogP) is 3.17. The minimum atomic E-state index is -0.593. The van der Waals surface area contributed by atoms with Gasteiger partial charge in [0, 0.05) is 18.5 Å². The molecule has 0 saturated heterocycles. The molecule has 0 aliphatic carbocycles. The van der Waals surface area contributed by atoms with Crippen molar-refractivity contribution in [2.75, 3.05) is 17.7 Å². The van der Waals surface area contributed by atoms with E-state index in [-0.39, 0.29) is 5.69 Å². The predicted molar refractivity (Wildman–Crippen MR) is 54.7 cm³/mol. The number of anilines is 1. The van der Waals surface area contributed by atoms with E-state index in [2.05, 4.69) is 5.32 Å². The van der Waals surface area contributed by atoms with Gasteiger partial charge in [0.2, 0.25) is 0 Å². The highest BCUT2D eigenvalue weighted by Gasteiger charge is 2.00. The Morgan fingerprint density at radius 1 is 1.29 bits per heavy atom. The summed E-state index contributed by atoms with van der Waals surface area (Å²) in [6, 6.07) is 3.41. The van der Waals surface area contributed by atoms with Crippen molar-refractivity contribution in [2.24, 2.45) is 0 Å². The maximum Gasteiger partial charge on any atom is 0.149 e. The van der Waals surface area contributed by atoms with Crippen LogP contribution >= 0.6 is 11.6 Å². The first-order valence-corrected chi connectivity index (χ1v) is 4.67. The molecule has 1 aromatic rings. The molecule has 1 nitrogen and oxygen atoms in total. The topological polar surface area (TPSA) is 12.0 Å². The monoisotopic (exact) mass is 217 g/mol. The van der Waals surface area contributed by atoms with Gasteiger partial charge in [-0.15, -0.1) is 11.6 Å². The standard InChI is InChI=1S/C10H10ClF2N/c11-5-1-2-6-14-10-4-3-8(12)7-9(10)13/h1-4,7,14H,5-6H2/b2-1+. The number of hydrogen-bond donors (Lipinski definition) is 1. The summed E-state index contributed by atoms with van der Waals surface area (Å²) in [6.07, 6.45) is 3.52. The molecule has 0 atom stereocenters. The Hall–Kier alpha value is -1.09. The van der Waals surface area contributed by atoms with Gasteiger partial charge in [0.15, 0.2) is 0 Å². The zero-order chi connectivity index (χ0) is 10.4. The highest BCUT2D eigenvalue weighted by molar-refractivity contribution is 6.18. The summed E-state index contributed by atoms with van der Waals surface area (Å²) in [7, 11) is 0. The largest absolute Gasteiger partial charge is 0.379 e. The lowest BCUT2D eigenvalue weighted by atomic mass is 10.3. The van der Waals surface area contributed by atoms with Gasteiger partial charge in [-0.1, -0.05) is 12.2 Å². The van der Waals surface area contributed by atoms with E-state index in [9.17, 15) is 8.78 Å². The summed E-state index contributed by atoms with van der Waals surface area (Å²) in [5.41, 5.74) is 0.283. The molecule has 1 N–H and O–H groups in total. The van der Waals surface area contributed by atoms with Crippen LogP contribution in [0.3, 0.4) is 0 Å². The molecule has 76 valence electrons. The van der Waals surface area contributed by atoms with Crippen LogP contribution in [0.1, 0.15) is 0 Å². The first-order chi connectivity index (χ1) is 6.74. The minimum Gasteiger partial charge on any atom is -0.379 e. The fourth-order valence-electron chi connectivity index (χ4n) is 0.948. The summed E-state index contributed by atoms with van der Waals surface area (Å²) >= 11 is 5.40. The SMILES string of the molecule is Fc1ccc(NC/C=C/CCl)c(F)c1. The lowest BCUT2D eigenvalue weighted by Gasteiger charge is -2.04. The number of rotatable bonds is 4. The lowest BCUT2D eigenvalue weighted by molar-refractivity contribution is 0.585. The molecular weight excluding hydrogens is 208 g/mol. The smallest absolute Gasteiger partial charge is 0.149 e. The van der Waals surface area contributed by atoms with Crippen LogP contribution < -0.4 is 5.32 Å². The minimum absolute atomic E-state index is 0.283. The Bertz CT molecular complexity index is 326. The number of allylic oxidation sites excluding steroid dienone is 1. The van der Waals surface area contributed by atoms with Crippen molar-refractivity contribution in [3.05, 3.63) is 42.0 Å². The molecule has 0 heterocycles. The van der Waals surface area contributed by atoms with Gasteiger partial charge in [-0.3, -0.25) is 0 Å². The molecule has 0 radical (unpaired) electrons. The summed E-state index contributed by atoms with van der Waals surface area (Å²) in [5, 5.41) is 2.79. The Balaban J connectivity index is 2.55. The van der Waals surface area contributed by atoms with E-state index in [1.54, 1.807) is 12.2 Å². The third-order valence-electron chi connectivity index (χ3n) is 1.60. The van der Waals surface area contributed by atoms with E-state index in [0.29, 0.717) is 12.4 Å². The number of benzene rings is 1. The van der Waals surface area contributed by atoms with E-state index in [4.69, 9.17) is 11.6 Å². The Morgan fingerprint density at radius 3 is 2.71 bits per heavy atom. The van der Waals surface area contributed by atoms with Crippen LogP contribution in [0.5, 0.6) is 0 Å². The van der Waals surface area contributed by atoms with Gasteiger partial charge in [0.25, 0.3) is 0 Å². The average molecular weight is 218 g/mol. The molecule has 0 saturated carbocycles. The molecule has 1 rings (SSSR count). The van der Waals surface area contributed by atoms with Crippen molar-refractivity contribution in [3.63, 3.8) is 0 Å². The fourth-order valence-corrected chi connectivity index (χ4v) is 1.07. The highest BCUT2D eigenvalue weighted by atomic mass is 35.5. The first kappa shape index (κ1) is 11.0. The third-order valence-corrected chi connectivity index (χ3v) is 1.78. The molecule has 0 aliphatic heterocycles. The molecule has 0 bridgehead atoms. The van der Waals surface area contributed by atoms with Gasteiger partial charge in [0.1, 0.15) is 11.6 Å². The van der Waals surface area contributed by atoms with Crippen LogP contribution in [-0.2, 0) is 0 Å². The van der Waals surface area contributed by atoms with Gasteiger partial charge in [-0.2, -0.15) is 0 Å². The van der Waals surface area contributed by atoms with Crippen LogP contribution in [0.2, 0.25) is 0 Å². The normalized spacial score (nSPS) is 10.8. The molecule has 0 spiro atoms. The number of hydrogen-bond acceptors (Lipinski definition) is 1. The number of halogens is 3. The molecule has 1 aromatic carbocycles. The van der Waals surface area contributed by atoms with Gasteiger partial charge >= 0.3 is 0 Å². The molecule has 0 fully saturated rings. The Morgan fingerprint density at radius 2 is 2.07 bits per heavy atom. The summed E-state index contributed by atoms with van der Waals surface area (Å²) < 4.78 is 25.5. The number of nitrogens with one attached hydrogen (secondary N) is 1. The van der Waals surface area contributed by atoms with Crippen LogP contribution in [0.4, 0.5) is 14.5 Å². The zero-order valence-electron chi connectivity index (χ0n) is 7.43. The molecule has 0 amide bonds.